The number of hydrogen-bond donors (Lipinski definition) is 0. The summed E-state index contributed by atoms with van der Waals surface area (Å²) < 4.78 is 16.6. The van der Waals surface area contributed by atoms with E-state index in [4.69, 9.17) is 14.2 Å². The maximum absolute atomic E-state index is 5.67. The number of hydrogen-bond acceptors (Lipinski definition) is 3. The summed E-state index contributed by atoms with van der Waals surface area (Å²) >= 11 is 0. The largest absolute Gasteiger partial charge is 0.494 e. The maximum atomic E-state index is 5.67. The van der Waals surface area contributed by atoms with Gasteiger partial charge in [-0.15, -0.1) is 0 Å². The summed E-state index contributed by atoms with van der Waals surface area (Å²) in [5.74, 6) is 0.914. The maximum Gasteiger partial charge on any atom is 0.119 e. The van der Waals surface area contributed by atoms with E-state index in [2.05, 4.69) is 26.0 Å². The molecule has 2 rings (SSSR count). The molecule has 19 heavy (non-hydrogen) atoms. The van der Waals surface area contributed by atoms with Crippen LogP contribution in [0.5, 0.6) is 5.75 Å². The van der Waals surface area contributed by atoms with Crippen molar-refractivity contribution in [2.45, 2.75) is 33.3 Å². The van der Waals surface area contributed by atoms with Crippen LogP contribution in [0.4, 0.5) is 0 Å². The molecular weight excluding hydrogens is 240 g/mol. The van der Waals surface area contributed by atoms with Gasteiger partial charge in [0.05, 0.1) is 19.3 Å². The van der Waals surface area contributed by atoms with E-state index in [0.29, 0.717) is 6.61 Å². The minimum absolute atomic E-state index is 0.222. The first-order chi connectivity index (χ1) is 9.13. The molecule has 0 saturated carbocycles. The predicted molar refractivity (Wildman–Crippen MR) is 75.5 cm³/mol. The van der Waals surface area contributed by atoms with Crippen molar-refractivity contribution in [3.8, 4) is 5.75 Å². The molecule has 1 atom stereocenters. The van der Waals surface area contributed by atoms with Crippen LogP contribution in [0.25, 0.3) is 0 Å². The van der Waals surface area contributed by atoms with Gasteiger partial charge in [0.15, 0.2) is 0 Å². The van der Waals surface area contributed by atoms with Crippen molar-refractivity contribution in [1.82, 2.24) is 0 Å². The molecular formula is C16H24O3. The van der Waals surface area contributed by atoms with Gasteiger partial charge in [-0.2, -0.15) is 0 Å². The molecule has 0 bridgehead atoms. The molecule has 3 nitrogen and oxygen atoms in total. The van der Waals surface area contributed by atoms with Gasteiger partial charge in [-0.1, -0.05) is 26.0 Å². The Morgan fingerprint density at radius 2 is 1.95 bits per heavy atom. The van der Waals surface area contributed by atoms with E-state index in [1.54, 1.807) is 0 Å². The van der Waals surface area contributed by atoms with Crippen molar-refractivity contribution in [1.29, 1.82) is 0 Å². The number of ether oxygens (including phenoxy) is 3. The highest BCUT2D eigenvalue weighted by molar-refractivity contribution is 5.30. The zero-order valence-electron chi connectivity index (χ0n) is 12.1. The van der Waals surface area contributed by atoms with Crippen molar-refractivity contribution in [3.05, 3.63) is 29.8 Å². The zero-order valence-corrected chi connectivity index (χ0v) is 12.1. The van der Waals surface area contributed by atoms with Crippen molar-refractivity contribution >= 4 is 0 Å². The molecule has 1 aromatic rings. The van der Waals surface area contributed by atoms with E-state index in [1.807, 2.05) is 19.1 Å². The lowest BCUT2D eigenvalue weighted by atomic mass is 9.79. The predicted octanol–water partition coefficient (Wildman–Crippen LogP) is 3.59. The van der Waals surface area contributed by atoms with Crippen LogP contribution in [-0.4, -0.2) is 26.4 Å². The van der Waals surface area contributed by atoms with E-state index >= 15 is 0 Å². The fourth-order valence-electron chi connectivity index (χ4n) is 2.28. The highest BCUT2D eigenvalue weighted by Crippen LogP contribution is 2.45. The molecule has 1 aromatic carbocycles. The van der Waals surface area contributed by atoms with Gasteiger partial charge >= 0.3 is 0 Å². The van der Waals surface area contributed by atoms with E-state index in [1.165, 1.54) is 5.56 Å². The van der Waals surface area contributed by atoms with Gasteiger partial charge in [-0.3, -0.25) is 0 Å². The number of benzene rings is 1. The molecule has 1 aliphatic rings. The Balaban J connectivity index is 1.79. The third kappa shape index (κ3) is 3.71. The Labute approximate surface area is 115 Å². The van der Waals surface area contributed by atoms with E-state index in [9.17, 15) is 0 Å². The lowest BCUT2D eigenvalue weighted by molar-refractivity contribution is -0.172. The van der Waals surface area contributed by atoms with Crippen LogP contribution >= 0.6 is 0 Å². The molecule has 0 N–H and O–H groups in total. The first kappa shape index (κ1) is 14.4. The third-order valence-corrected chi connectivity index (χ3v) is 3.42. The molecule has 0 amide bonds. The van der Waals surface area contributed by atoms with Crippen molar-refractivity contribution in [3.63, 3.8) is 0 Å². The second-order valence-electron chi connectivity index (χ2n) is 5.65. The molecule has 0 aliphatic carbocycles. The van der Waals surface area contributed by atoms with Crippen molar-refractivity contribution in [2.24, 2.45) is 5.41 Å². The Morgan fingerprint density at radius 3 is 2.47 bits per heavy atom. The standard InChI is InChI=1S/C16H24O3/c1-4-17-10-5-11-18-14-8-6-13(7-9-14)15-16(2,3)12-19-15/h6-9,15H,4-5,10-12H2,1-3H3. The molecule has 0 radical (unpaired) electrons. The van der Waals surface area contributed by atoms with Crippen molar-refractivity contribution in [2.75, 3.05) is 26.4 Å². The van der Waals surface area contributed by atoms with Crippen LogP contribution in [0.2, 0.25) is 0 Å². The zero-order chi connectivity index (χ0) is 13.7. The lowest BCUT2D eigenvalue weighted by Crippen LogP contribution is -2.40. The van der Waals surface area contributed by atoms with Gasteiger partial charge < -0.3 is 14.2 Å². The monoisotopic (exact) mass is 264 g/mol. The fraction of sp³-hybridized carbons (Fsp3) is 0.625. The van der Waals surface area contributed by atoms with Crippen LogP contribution in [0.3, 0.4) is 0 Å². The second-order valence-corrected chi connectivity index (χ2v) is 5.65. The summed E-state index contributed by atoms with van der Waals surface area (Å²) in [5.41, 5.74) is 1.48. The fourth-order valence-corrected chi connectivity index (χ4v) is 2.28. The molecule has 1 fully saturated rings. The van der Waals surface area contributed by atoms with Gasteiger partial charge in [-0.25, -0.2) is 0 Å². The molecule has 1 aliphatic heterocycles. The lowest BCUT2D eigenvalue weighted by Gasteiger charge is -2.44. The van der Waals surface area contributed by atoms with Gasteiger partial charge in [0.25, 0.3) is 0 Å². The van der Waals surface area contributed by atoms with Gasteiger partial charge in [-0.05, 0) is 24.6 Å². The van der Waals surface area contributed by atoms with Gasteiger partial charge in [0, 0.05) is 25.0 Å². The Bertz CT molecular complexity index is 383. The molecule has 3 heteroatoms. The highest BCUT2D eigenvalue weighted by Gasteiger charge is 2.40. The summed E-state index contributed by atoms with van der Waals surface area (Å²) in [6, 6.07) is 8.24. The first-order valence-electron chi connectivity index (χ1n) is 7.05. The Morgan fingerprint density at radius 1 is 1.21 bits per heavy atom. The summed E-state index contributed by atoms with van der Waals surface area (Å²) in [6.45, 7) is 9.55. The van der Waals surface area contributed by atoms with Crippen LogP contribution in [0.1, 0.15) is 38.9 Å². The normalized spacial score (nSPS) is 20.9. The van der Waals surface area contributed by atoms with Gasteiger partial charge in [0.1, 0.15) is 5.75 Å². The molecule has 106 valence electrons. The molecule has 1 saturated heterocycles. The quantitative estimate of drug-likeness (QED) is 0.704. The second kappa shape index (κ2) is 6.40. The summed E-state index contributed by atoms with van der Waals surface area (Å²) in [6.07, 6.45) is 1.15. The summed E-state index contributed by atoms with van der Waals surface area (Å²) in [4.78, 5) is 0. The SMILES string of the molecule is CCOCCCOc1ccc(C2OCC2(C)C)cc1. The minimum Gasteiger partial charge on any atom is -0.494 e. The minimum atomic E-state index is 0.222. The Kier molecular flexibility index (Phi) is 4.83. The Hall–Kier alpha value is -1.06. The van der Waals surface area contributed by atoms with Crippen LogP contribution < -0.4 is 4.74 Å². The van der Waals surface area contributed by atoms with E-state index in [-0.39, 0.29) is 11.5 Å². The first-order valence-corrected chi connectivity index (χ1v) is 7.05. The smallest absolute Gasteiger partial charge is 0.119 e. The van der Waals surface area contributed by atoms with Gasteiger partial charge in [0.2, 0.25) is 0 Å². The van der Waals surface area contributed by atoms with Crippen LogP contribution in [-0.2, 0) is 9.47 Å². The topological polar surface area (TPSA) is 27.7 Å². The van der Waals surface area contributed by atoms with Crippen LogP contribution in [0.15, 0.2) is 24.3 Å². The molecule has 1 heterocycles. The van der Waals surface area contributed by atoms with Crippen LogP contribution in [0, 0.1) is 5.41 Å². The summed E-state index contributed by atoms with van der Waals surface area (Å²) in [7, 11) is 0. The summed E-state index contributed by atoms with van der Waals surface area (Å²) in [5, 5.41) is 0. The molecule has 0 aromatic heterocycles. The van der Waals surface area contributed by atoms with Crippen molar-refractivity contribution < 1.29 is 14.2 Å². The highest BCUT2D eigenvalue weighted by atomic mass is 16.5. The average molecular weight is 264 g/mol. The van der Waals surface area contributed by atoms with E-state index in [0.717, 1.165) is 32.0 Å². The molecule has 1 unspecified atom stereocenters. The number of rotatable bonds is 7. The third-order valence-electron chi connectivity index (χ3n) is 3.42. The van der Waals surface area contributed by atoms with E-state index < -0.39 is 0 Å². The molecule has 0 spiro atoms. The average Bonchev–Trinajstić information content (AvgIpc) is 2.39.